The number of hydrogen-bond donors (Lipinski definition) is 1. The molecule has 1 saturated heterocycles. The van der Waals surface area contributed by atoms with E-state index in [1.54, 1.807) is 0 Å². The van der Waals surface area contributed by atoms with Crippen molar-refractivity contribution in [2.75, 3.05) is 13.2 Å². The van der Waals surface area contributed by atoms with E-state index in [1.807, 2.05) is 6.92 Å². The van der Waals surface area contributed by atoms with E-state index < -0.39 is 0 Å². The predicted octanol–water partition coefficient (Wildman–Crippen LogP) is 2.92. The van der Waals surface area contributed by atoms with Gasteiger partial charge in [-0.1, -0.05) is 26.2 Å². The number of carbonyl (C=O) groups is 1. The number of ether oxygens (including phenoxy) is 1. The van der Waals surface area contributed by atoms with Crippen molar-refractivity contribution in [3.63, 3.8) is 0 Å². The van der Waals surface area contributed by atoms with Crippen LogP contribution < -0.4 is 5.32 Å². The molecule has 2 unspecified atom stereocenters. The van der Waals surface area contributed by atoms with Crippen LogP contribution in [0.5, 0.6) is 0 Å². The lowest BCUT2D eigenvalue weighted by molar-refractivity contribution is -0.135. The molecular weight excluding hydrogens is 264 g/mol. The van der Waals surface area contributed by atoms with E-state index in [-0.39, 0.29) is 23.7 Å². The maximum atomic E-state index is 12.8. The van der Waals surface area contributed by atoms with Crippen molar-refractivity contribution in [1.29, 1.82) is 0 Å². The fraction of sp³-hybridized carbons (Fsp3) is 0.941. The van der Waals surface area contributed by atoms with E-state index >= 15 is 0 Å². The van der Waals surface area contributed by atoms with Crippen LogP contribution in [0.4, 0.5) is 0 Å². The maximum absolute atomic E-state index is 12.8. The lowest BCUT2D eigenvalue weighted by Crippen LogP contribution is -2.49. The Labute approximate surface area is 129 Å². The van der Waals surface area contributed by atoms with Crippen molar-refractivity contribution in [1.82, 2.24) is 10.2 Å². The molecule has 2 rings (SSSR count). The molecule has 2 aliphatic rings. The Morgan fingerprint density at radius 2 is 1.95 bits per heavy atom. The summed E-state index contributed by atoms with van der Waals surface area (Å²) in [5, 5.41) is 3.62. The SMILES string of the molecule is CCCC1NC(C2CCCC2)N(CC(C)(C)OCC)C1=O. The minimum absolute atomic E-state index is 0.0121. The number of nitrogens with one attached hydrogen (secondary N) is 1. The first kappa shape index (κ1) is 16.8. The Morgan fingerprint density at radius 3 is 2.52 bits per heavy atom. The summed E-state index contributed by atoms with van der Waals surface area (Å²) in [6, 6.07) is 0.0121. The highest BCUT2D eigenvalue weighted by atomic mass is 16.5. The van der Waals surface area contributed by atoms with Gasteiger partial charge in [0.25, 0.3) is 0 Å². The summed E-state index contributed by atoms with van der Waals surface area (Å²) in [6.45, 7) is 9.71. The Hall–Kier alpha value is -0.610. The Bertz CT molecular complexity index is 351. The summed E-state index contributed by atoms with van der Waals surface area (Å²) in [6.07, 6.45) is 7.30. The van der Waals surface area contributed by atoms with Gasteiger partial charge in [0.05, 0.1) is 24.4 Å². The second-order valence-corrected chi connectivity index (χ2v) is 7.16. The third-order valence-corrected chi connectivity index (χ3v) is 4.80. The number of carbonyl (C=O) groups excluding carboxylic acids is 1. The van der Waals surface area contributed by atoms with Gasteiger partial charge in [0, 0.05) is 6.61 Å². The molecule has 1 aliphatic carbocycles. The van der Waals surface area contributed by atoms with E-state index in [0.29, 0.717) is 19.1 Å². The first-order chi connectivity index (χ1) is 9.98. The summed E-state index contributed by atoms with van der Waals surface area (Å²) in [5.41, 5.74) is -0.274. The lowest BCUT2D eigenvalue weighted by Gasteiger charge is -2.35. The van der Waals surface area contributed by atoms with Crippen LogP contribution in [0.15, 0.2) is 0 Å². The van der Waals surface area contributed by atoms with Crippen molar-refractivity contribution in [3.8, 4) is 0 Å². The van der Waals surface area contributed by atoms with Crippen LogP contribution in [0, 0.1) is 5.92 Å². The third-order valence-electron chi connectivity index (χ3n) is 4.80. The van der Waals surface area contributed by atoms with Crippen molar-refractivity contribution in [2.24, 2.45) is 5.92 Å². The van der Waals surface area contributed by atoms with Gasteiger partial charge in [0.2, 0.25) is 5.91 Å². The number of nitrogens with zero attached hydrogens (tertiary/aromatic N) is 1. The van der Waals surface area contributed by atoms with Gasteiger partial charge < -0.3 is 9.64 Å². The van der Waals surface area contributed by atoms with E-state index in [4.69, 9.17) is 4.74 Å². The van der Waals surface area contributed by atoms with Gasteiger partial charge in [0.1, 0.15) is 0 Å². The summed E-state index contributed by atoms with van der Waals surface area (Å²) < 4.78 is 5.82. The average Bonchev–Trinajstić information content (AvgIpc) is 3.02. The molecule has 0 spiro atoms. The van der Waals surface area contributed by atoms with Gasteiger partial charge in [-0.15, -0.1) is 0 Å². The van der Waals surface area contributed by atoms with Crippen LogP contribution in [0.2, 0.25) is 0 Å². The van der Waals surface area contributed by atoms with Gasteiger partial charge in [-0.25, -0.2) is 0 Å². The second kappa shape index (κ2) is 7.10. The molecule has 1 saturated carbocycles. The molecule has 1 amide bonds. The molecule has 0 aromatic rings. The molecule has 1 heterocycles. The van der Waals surface area contributed by atoms with Crippen LogP contribution in [0.1, 0.15) is 66.2 Å². The zero-order chi connectivity index (χ0) is 15.5. The highest BCUT2D eigenvalue weighted by Crippen LogP contribution is 2.33. The molecule has 4 heteroatoms. The second-order valence-electron chi connectivity index (χ2n) is 7.16. The predicted molar refractivity (Wildman–Crippen MR) is 85.0 cm³/mol. The fourth-order valence-corrected chi connectivity index (χ4v) is 3.89. The smallest absolute Gasteiger partial charge is 0.241 e. The van der Waals surface area contributed by atoms with Crippen molar-refractivity contribution in [3.05, 3.63) is 0 Å². The van der Waals surface area contributed by atoms with Crippen LogP contribution in [0.25, 0.3) is 0 Å². The monoisotopic (exact) mass is 296 g/mol. The maximum Gasteiger partial charge on any atom is 0.241 e. The number of hydrogen-bond acceptors (Lipinski definition) is 3. The van der Waals surface area contributed by atoms with Gasteiger partial charge >= 0.3 is 0 Å². The Kier molecular flexibility index (Phi) is 5.67. The van der Waals surface area contributed by atoms with Crippen molar-refractivity contribution in [2.45, 2.75) is 84.0 Å². The molecule has 0 aromatic heterocycles. The summed E-state index contributed by atoms with van der Waals surface area (Å²) in [5.74, 6) is 0.898. The highest BCUT2D eigenvalue weighted by Gasteiger charge is 2.44. The van der Waals surface area contributed by atoms with E-state index in [0.717, 1.165) is 12.8 Å². The normalized spacial score (nSPS) is 27.8. The topological polar surface area (TPSA) is 41.6 Å². The quantitative estimate of drug-likeness (QED) is 0.785. The molecule has 2 atom stereocenters. The average molecular weight is 296 g/mol. The zero-order valence-corrected chi connectivity index (χ0v) is 14.2. The fourth-order valence-electron chi connectivity index (χ4n) is 3.89. The minimum atomic E-state index is -0.274. The first-order valence-corrected chi connectivity index (χ1v) is 8.69. The molecule has 1 aliphatic heterocycles. The first-order valence-electron chi connectivity index (χ1n) is 8.69. The zero-order valence-electron chi connectivity index (χ0n) is 14.2. The largest absolute Gasteiger partial charge is 0.374 e. The Morgan fingerprint density at radius 1 is 1.29 bits per heavy atom. The molecule has 1 N–H and O–H groups in total. The summed E-state index contributed by atoms with van der Waals surface area (Å²) >= 11 is 0. The lowest BCUT2D eigenvalue weighted by atomic mass is 10.0. The standard InChI is InChI=1S/C17H32N2O2/c1-5-9-14-16(20)19(12-17(3,4)21-6-2)15(18-14)13-10-7-8-11-13/h13-15,18H,5-12H2,1-4H3. The van der Waals surface area contributed by atoms with Crippen molar-refractivity contribution < 1.29 is 9.53 Å². The molecule has 4 nitrogen and oxygen atoms in total. The van der Waals surface area contributed by atoms with Crippen LogP contribution in [-0.4, -0.2) is 41.8 Å². The van der Waals surface area contributed by atoms with E-state index in [1.165, 1.54) is 25.7 Å². The Balaban J connectivity index is 2.10. The van der Waals surface area contributed by atoms with Gasteiger partial charge in [-0.2, -0.15) is 0 Å². The third kappa shape index (κ3) is 3.98. The molecule has 0 radical (unpaired) electrons. The van der Waals surface area contributed by atoms with Gasteiger partial charge in [-0.05, 0) is 46.0 Å². The van der Waals surface area contributed by atoms with E-state index in [9.17, 15) is 4.79 Å². The number of rotatable bonds is 7. The van der Waals surface area contributed by atoms with Crippen LogP contribution in [-0.2, 0) is 9.53 Å². The minimum Gasteiger partial charge on any atom is -0.374 e. The van der Waals surface area contributed by atoms with Gasteiger partial charge in [-0.3, -0.25) is 10.1 Å². The van der Waals surface area contributed by atoms with Crippen molar-refractivity contribution >= 4 is 5.91 Å². The molecular formula is C17H32N2O2. The highest BCUT2D eigenvalue weighted by molar-refractivity contribution is 5.84. The number of amides is 1. The molecule has 21 heavy (non-hydrogen) atoms. The van der Waals surface area contributed by atoms with Crippen LogP contribution >= 0.6 is 0 Å². The molecule has 122 valence electrons. The molecule has 0 aromatic carbocycles. The van der Waals surface area contributed by atoms with E-state index in [2.05, 4.69) is 31.0 Å². The summed E-state index contributed by atoms with van der Waals surface area (Å²) in [7, 11) is 0. The molecule has 0 bridgehead atoms. The van der Waals surface area contributed by atoms with Crippen LogP contribution in [0.3, 0.4) is 0 Å². The summed E-state index contributed by atoms with van der Waals surface area (Å²) in [4.78, 5) is 14.8. The molecule has 2 fully saturated rings. The van der Waals surface area contributed by atoms with Gasteiger partial charge in [0.15, 0.2) is 0 Å².